The number of carbonyl (C=O) groups excluding carboxylic acids is 3. The molecule has 0 saturated carbocycles. The summed E-state index contributed by atoms with van der Waals surface area (Å²) in [6.45, 7) is 6.06. The van der Waals surface area contributed by atoms with Crippen LogP contribution in [0.3, 0.4) is 0 Å². The van der Waals surface area contributed by atoms with Crippen LogP contribution in [0, 0.1) is 5.92 Å². The van der Waals surface area contributed by atoms with Gasteiger partial charge in [-0.15, -0.1) is 0 Å². The van der Waals surface area contributed by atoms with E-state index in [1.807, 2.05) is 12.2 Å². The summed E-state index contributed by atoms with van der Waals surface area (Å²) in [5.74, 6) is -2.73. The maximum Gasteiger partial charge on any atom is 0.307 e. The summed E-state index contributed by atoms with van der Waals surface area (Å²) in [6.07, 6.45) is 0.390. The minimum absolute atomic E-state index is 0.251. The summed E-state index contributed by atoms with van der Waals surface area (Å²) < 4.78 is 5.16. The van der Waals surface area contributed by atoms with Gasteiger partial charge in [-0.3, -0.25) is 19.7 Å². The van der Waals surface area contributed by atoms with Crippen molar-refractivity contribution < 1.29 is 24.2 Å². The molecule has 6 heteroatoms. The lowest BCUT2D eigenvalue weighted by molar-refractivity contribution is -0.160. The number of ether oxygens (including phenoxy) is 1. The van der Waals surface area contributed by atoms with Gasteiger partial charge in [-0.2, -0.15) is 0 Å². The minimum Gasteiger partial charge on any atom is -0.460 e. The van der Waals surface area contributed by atoms with Crippen molar-refractivity contribution in [3.63, 3.8) is 0 Å². The number of hydrogen-bond acceptors (Lipinski definition) is 5. The van der Waals surface area contributed by atoms with E-state index in [-0.39, 0.29) is 6.42 Å². The number of rotatable bonds is 6. The molecule has 0 rings (SSSR count). The van der Waals surface area contributed by atoms with Gasteiger partial charge in [-0.05, 0) is 20.3 Å². The smallest absolute Gasteiger partial charge is 0.307 e. The van der Waals surface area contributed by atoms with E-state index in [0.717, 1.165) is 0 Å². The molecule has 0 aromatic rings. The second-order valence-corrected chi connectivity index (χ2v) is 4.72. The fourth-order valence-electron chi connectivity index (χ4n) is 1.14. The van der Waals surface area contributed by atoms with Crippen molar-refractivity contribution in [2.24, 2.45) is 5.92 Å². The highest BCUT2D eigenvalue weighted by molar-refractivity contribution is 5.96. The molecule has 0 aromatic carbocycles. The second-order valence-electron chi connectivity index (χ2n) is 4.72. The van der Waals surface area contributed by atoms with Crippen molar-refractivity contribution in [3.8, 4) is 0 Å². The molecule has 0 aliphatic rings. The molecular weight excluding hydrogens is 238 g/mol. The third kappa shape index (κ3) is 6.34. The summed E-state index contributed by atoms with van der Waals surface area (Å²) in [7, 11) is 0. The Hall–Kier alpha value is -1.43. The minimum atomic E-state index is -0.964. The zero-order valence-corrected chi connectivity index (χ0v) is 11.3. The largest absolute Gasteiger partial charge is 0.460 e. The van der Waals surface area contributed by atoms with Crippen LogP contribution in [0.1, 0.15) is 40.5 Å². The highest BCUT2D eigenvalue weighted by Gasteiger charge is 2.26. The fourth-order valence-corrected chi connectivity index (χ4v) is 1.14. The van der Waals surface area contributed by atoms with Gasteiger partial charge in [0, 0.05) is 6.92 Å². The van der Waals surface area contributed by atoms with Crippen molar-refractivity contribution in [2.75, 3.05) is 6.61 Å². The Morgan fingerprint density at radius 1 is 1.33 bits per heavy atom. The first-order valence-electron chi connectivity index (χ1n) is 5.86. The molecule has 2 N–H and O–H groups in total. The van der Waals surface area contributed by atoms with Crippen LogP contribution in [0.25, 0.3) is 0 Å². The number of aliphatic hydroxyl groups is 1. The monoisotopic (exact) mass is 259 g/mol. The Morgan fingerprint density at radius 2 is 1.89 bits per heavy atom. The van der Waals surface area contributed by atoms with Crippen molar-refractivity contribution in [1.82, 2.24) is 5.32 Å². The van der Waals surface area contributed by atoms with Gasteiger partial charge in [0.1, 0.15) is 5.60 Å². The Bertz CT molecular complexity index is 324. The lowest BCUT2D eigenvalue weighted by Gasteiger charge is -2.24. The number of imide groups is 1. The van der Waals surface area contributed by atoms with Crippen LogP contribution in [0.2, 0.25) is 0 Å². The zero-order chi connectivity index (χ0) is 14.3. The van der Waals surface area contributed by atoms with E-state index in [4.69, 9.17) is 9.84 Å². The van der Waals surface area contributed by atoms with E-state index >= 15 is 0 Å². The van der Waals surface area contributed by atoms with Gasteiger partial charge in [-0.1, -0.05) is 6.92 Å². The first-order chi connectivity index (χ1) is 8.21. The molecule has 0 spiro atoms. The van der Waals surface area contributed by atoms with E-state index < -0.39 is 35.9 Å². The molecule has 0 aliphatic heterocycles. The highest BCUT2D eigenvalue weighted by atomic mass is 16.6. The van der Waals surface area contributed by atoms with E-state index in [0.29, 0.717) is 6.42 Å². The molecule has 0 radical (unpaired) electrons. The normalized spacial score (nSPS) is 12.7. The molecule has 6 nitrogen and oxygen atoms in total. The van der Waals surface area contributed by atoms with Gasteiger partial charge in [0.2, 0.25) is 11.8 Å². The summed E-state index contributed by atoms with van der Waals surface area (Å²) in [6, 6.07) is 0. The molecule has 2 amide bonds. The van der Waals surface area contributed by atoms with E-state index in [2.05, 4.69) is 0 Å². The molecule has 1 atom stereocenters. The average Bonchev–Trinajstić information content (AvgIpc) is 2.24. The van der Waals surface area contributed by atoms with Gasteiger partial charge in [0.05, 0.1) is 18.9 Å². The Balaban J connectivity index is 4.41. The summed E-state index contributed by atoms with van der Waals surface area (Å²) in [5.41, 5.74) is -0.603. The molecule has 0 bridgehead atoms. The summed E-state index contributed by atoms with van der Waals surface area (Å²) in [4.78, 5) is 33.7. The van der Waals surface area contributed by atoms with Crippen LogP contribution in [0.4, 0.5) is 0 Å². The van der Waals surface area contributed by atoms with E-state index in [1.165, 1.54) is 6.92 Å². The summed E-state index contributed by atoms with van der Waals surface area (Å²) >= 11 is 0. The average molecular weight is 259 g/mol. The lowest BCUT2D eigenvalue weighted by atomic mass is 10.0. The standard InChI is InChI=1S/C12H21NO5/c1-5-12(3,4)18-10(16)6-9(7-14)11(17)13-8(2)15/h9,14H,5-7H2,1-4H3,(H,13,15,17). The Morgan fingerprint density at radius 3 is 2.28 bits per heavy atom. The molecule has 0 aliphatic carbocycles. The maximum absolute atomic E-state index is 11.6. The maximum atomic E-state index is 11.6. The van der Waals surface area contributed by atoms with Gasteiger partial charge in [-0.25, -0.2) is 0 Å². The zero-order valence-electron chi connectivity index (χ0n) is 11.3. The number of hydrogen-bond donors (Lipinski definition) is 2. The van der Waals surface area contributed by atoms with Crippen LogP contribution in [-0.2, 0) is 19.1 Å². The van der Waals surface area contributed by atoms with Crippen LogP contribution in [0.15, 0.2) is 0 Å². The molecule has 18 heavy (non-hydrogen) atoms. The van der Waals surface area contributed by atoms with Crippen molar-refractivity contribution in [1.29, 1.82) is 0 Å². The molecular formula is C12H21NO5. The predicted molar refractivity (Wildman–Crippen MR) is 64.5 cm³/mol. The molecule has 0 saturated heterocycles. The van der Waals surface area contributed by atoms with Crippen LogP contribution < -0.4 is 5.32 Å². The first kappa shape index (κ1) is 16.6. The quantitative estimate of drug-likeness (QED) is 0.673. The van der Waals surface area contributed by atoms with Crippen LogP contribution >= 0.6 is 0 Å². The van der Waals surface area contributed by atoms with E-state index in [9.17, 15) is 14.4 Å². The van der Waals surface area contributed by atoms with Gasteiger partial charge in [0.15, 0.2) is 0 Å². The van der Waals surface area contributed by atoms with Crippen molar-refractivity contribution in [2.45, 2.75) is 46.1 Å². The highest BCUT2D eigenvalue weighted by Crippen LogP contribution is 2.16. The number of aliphatic hydroxyl groups excluding tert-OH is 1. The topological polar surface area (TPSA) is 92.7 Å². The van der Waals surface area contributed by atoms with Crippen LogP contribution in [-0.4, -0.2) is 35.1 Å². The fraction of sp³-hybridized carbons (Fsp3) is 0.750. The van der Waals surface area contributed by atoms with Gasteiger partial charge < -0.3 is 9.84 Å². The molecule has 104 valence electrons. The molecule has 1 unspecified atom stereocenters. The third-order valence-corrected chi connectivity index (χ3v) is 2.55. The van der Waals surface area contributed by atoms with Crippen molar-refractivity contribution >= 4 is 17.8 Å². The second kappa shape index (κ2) is 7.10. The van der Waals surface area contributed by atoms with Gasteiger partial charge in [0.25, 0.3) is 0 Å². The summed E-state index contributed by atoms with van der Waals surface area (Å²) in [5, 5.41) is 11.1. The van der Waals surface area contributed by atoms with Crippen LogP contribution in [0.5, 0.6) is 0 Å². The number of nitrogens with one attached hydrogen (secondary N) is 1. The number of esters is 1. The Labute approximate surface area is 107 Å². The lowest BCUT2D eigenvalue weighted by Crippen LogP contribution is -2.38. The SMILES string of the molecule is CCC(C)(C)OC(=O)CC(CO)C(=O)NC(C)=O. The number of amides is 2. The molecule has 0 fully saturated rings. The molecule has 0 aromatic heterocycles. The first-order valence-corrected chi connectivity index (χ1v) is 5.86. The van der Waals surface area contributed by atoms with E-state index in [1.54, 1.807) is 13.8 Å². The Kier molecular flexibility index (Phi) is 6.54. The van der Waals surface area contributed by atoms with Gasteiger partial charge >= 0.3 is 5.97 Å². The molecule has 0 heterocycles. The predicted octanol–water partition coefficient (Wildman–Crippen LogP) is 0.380. The number of carbonyl (C=O) groups is 3. The third-order valence-electron chi connectivity index (χ3n) is 2.55. The van der Waals surface area contributed by atoms with Crippen molar-refractivity contribution in [3.05, 3.63) is 0 Å².